The first kappa shape index (κ1) is 12.0. The van der Waals surface area contributed by atoms with Crippen molar-refractivity contribution in [3.63, 3.8) is 0 Å². The highest BCUT2D eigenvalue weighted by molar-refractivity contribution is 5.98. The van der Waals surface area contributed by atoms with Crippen LogP contribution in [0.3, 0.4) is 0 Å². The molecule has 0 fully saturated rings. The van der Waals surface area contributed by atoms with Crippen LogP contribution >= 0.6 is 0 Å². The van der Waals surface area contributed by atoms with Gasteiger partial charge in [-0.3, -0.25) is 4.79 Å². The minimum absolute atomic E-state index is 0.133. The first-order chi connectivity index (χ1) is 8.68. The van der Waals surface area contributed by atoms with Gasteiger partial charge in [-0.05, 0) is 31.2 Å². The zero-order chi connectivity index (χ0) is 13.0. The van der Waals surface area contributed by atoms with Gasteiger partial charge in [-0.2, -0.15) is 0 Å². The molecule has 3 nitrogen and oxygen atoms in total. The Hall–Kier alpha value is -2.42. The van der Waals surface area contributed by atoms with Gasteiger partial charge in [0, 0.05) is 0 Å². The Morgan fingerprint density at radius 3 is 2.17 bits per heavy atom. The third kappa shape index (κ3) is 2.63. The summed E-state index contributed by atoms with van der Waals surface area (Å²) < 4.78 is 5.23. The van der Waals surface area contributed by atoms with E-state index < -0.39 is 5.97 Å². The smallest absolute Gasteiger partial charge is 0.343 e. The van der Waals surface area contributed by atoms with Crippen LogP contribution in [-0.4, -0.2) is 11.8 Å². The van der Waals surface area contributed by atoms with Crippen molar-refractivity contribution in [3.8, 4) is 5.75 Å². The molecular formula is C15H12O3. The van der Waals surface area contributed by atoms with E-state index in [1.54, 1.807) is 48.5 Å². The Bertz CT molecular complexity index is 573. The van der Waals surface area contributed by atoms with E-state index in [0.717, 1.165) is 0 Å². The number of carbonyl (C=O) groups is 2. The van der Waals surface area contributed by atoms with Crippen LogP contribution < -0.4 is 4.74 Å². The summed E-state index contributed by atoms with van der Waals surface area (Å²) in [5.41, 5.74) is 0.859. The number of Topliss-reactive ketones (excluding diaryl/α,β-unsaturated/α-hetero) is 1. The third-order valence-electron chi connectivity index (χ3n) is 2.48. The lowest BCUT2D eigenvalue weighted by molar-refractivity contribution is 0.0733. The van der Waals surface area contributed by atoms with Crippen molar-refractivity contribution in [2.24, 2.45) is 0 Å². The summed E-state index contributed by atoms with van der Waals surface area (Å²) >= 11 is 0. The molecule has 0 bridgehead atoms. The molecule has 0 aromatic heterocycles. The first-order valence-corrected chi connectivity index (χ1v) is 5.55. The fourth-order valence-corrected chi connectivity index (χ4v) is 1.58. The van der Waals surface area contributed by atoms with Crippen molar-refractivity contribution < 1.29 is 14.3 Å². The molecule has 0 radical (unpaired) electrons. The average Bonchev–Trinajstić information content (AvgIpc) is 2.40. The summed E-state index contributed by atoms with van der Waals surface area (Å²) in [6, 6.07) is 15.4. The molecule has 0 saturated carbocycles. The number of rotatable bonds is 3. The number of carbonyl (C=O) groups excluding carboxylic acids is 2. The molecule has 3 heteroatoms. The molecule has 2 aromatic rings. The summed E-state index contributed by atoms with van der Waals surface area (Å²) in [6.07, 6.45) is 0. The minimum atomic E-state index is -0.468. The fourth-order valence-electron chi connectivity index (χ4n) is 1.58. The van der Waals surface area contributed by atoms with Crippen molar-refractivity contribution in [3.05, 3.63) is 65.7 Å². The summed E-state index contributed by atoms with van der Waals surface area (Å²) in [5, 5.41) is 0. The maximum absolute atomic E-state index is 11.9. The molecule has 0 N–H and O–H groups in total. The minimum Gasteiger partial charge on any atom is -0.422 e. The van der Waals surface area contributed by atoms with Crippen molar-refractivity contribution in [2.75, 3.05) is 0 Å². The van der Waals surface area contributed by atoms with Gasteiger partial charge in [0.15, 0.2) is 5.78 Å². The van der Waals surface area contributed by atoms with Crippen LogP contribution in [0, 0.1) is 0 Å². The maximum atomic E-state index is 11.9. The van der Waals surface area contributed by atoms with E-state index >= 15 is 0 Å². The largest absolute Gasteiger partial charge is 0.422 e. The van der Waals surface area contributed by atoms with E-state index in [4.69, 9.17) is 4.74 Å². The summed E-state index contributed by atoms with van der Waals surface area (Å²) in [7, 11) is 0. The zero-order valence-corrected chi connectivity index (χ0v) is 9.92. The van der Waals surface area contributed by atoms with Gasteiger partial charge in [-0.1, -0.05) is 30.3 Å². The van der Waals surface area contributed by atoms with Gasteiger partial charge in [0.1, 0.15) is 5.75 Å². The standard InChI is InChI=1S/C15H12O3/c1-11(16)13-9-5-6-10-14(13)18-15(17)12-7-3-2-4-8-12/h2-10H,1H3. The normalized spacial score (nSPS) is 9.83. The number of hydrogen-bond acceptors (Lipinski definition) is 3. The predicted molar refractivity (Wildman–Crippen MR) is 67.8 cm³/mol. The second kappa shape index (κ2) is 5.27. The lowest BCUT2D eigenvalue weighted by Crippen LogP contribution is -2.10. The third-order valence-corrected chi connectivity index (χ3v) is 2.48. The highest BCUT2D eigenvalue weighted by atomic mass is 16.5. The number of ether oxygens (including phenoxy) is 1. The summed E-state index contributed by atoms with van der Waals surface area (Å²) in [4.78, 5) is 23.2. The van der Waals surface area contributed by atoms with Gasteiger partial charge in [-0.25, -0.2) is 4.79 Å². The van der Waals surface area contributed by atoms with Gasteiger partial charge >= 0.3 is 5.97 Å². The van der Waals surface area contributed by atoms with Gasteiger partial charge in [0.05, 0.1) is 11.1 Å². The lowest BCUT2D eigenvalue weighted by atomic mass is 10.1. The summed E-state index contributed by atoms with van der Waals surface area (Å²) in [5.74, 6) is -0.311. The summed E-state index contributed by atoms with van der Waals surface area (Å²) in [6.45, 7) is 1.44. The topological polar surface area (TPSA) is 43.4 Å². The second-order valence-corrected chi connectivity index (χ2v) is 3.81. The van der Waals surface area contributed by atoms with Crippen molar-refractivity contribution in [2.45, 2.75) is 6.92 Å². The van der Waals surface area contributed by atoms with E-state index in [2.05, 4.69) is 0 Å². The number of benzene rings is 2. The van der Waals surface area contributed by atoms with Crippen molar-refractivity contribution >= 4 is 11.8 Å². The highest BCUT2D eigenvalue weighted by Gasteiger charge is 2.12. The van der Waals surface area contributed by atoms with Crippen LogP contribution in [0.15, 0.2) is 54.6 Å². The van der Waals surface area contributed by atoms with E-state index in [9.17, 15) is 9.59 Å². The van der Waals surface area contributed by atoms with Crippen LogP contribution in [0.5, 0.6) is 5.75 Å². The Labute approximate surface area is 105 Å². The molecule has 0 atom stereocenters. The number of hydrogen-bond donors (Lipinski definition) is 0. The Morgan fingerprint density at radius 2 is 1.50 bits per heavy atom. The molecule has 0 amide bonds. The first-order valence-electron chi connectivity index (χ1n) is 5.55. The van der Waals surface area contributed by atoms with E-state index in [0.29, 0.717) is 16.9 Å². The molecule has 0 saturated heterocycles. The molecule has 0 heterocycles. The molecule has 0 aliphatic heterocycles. The molecule has 0 unspecified atom stereocenters. The monoisotopic (exact) mass is 240 g/mol. The SMILES string of the molecule is CC(=O)c1ccccc1OC(=O)c1ccccc1. The number of para-hydroxylation sites is 1. The van der Waals surface area contributed by atoms with E-state index in [1.807, 2.05) is 6.07 Å². The molecule has 0 aliphatic rings. The molecule has 0 spiro atoms. The van der Waals surface area contributed by atoms with Gasteiger partial charge in [-0.15, -0.1) is 0 Å². The van der Waals surface area contributed by atoms with Crippen LogP contribution in [0.2, 0.25) is 0 Å². The molecule has 0 aliphatic carbocycles. The Kier molecular flexibility index (Phi) is 3.53. The van der Waals surface area contributed by atoms with Crippen molar-refractivity contribution in [1.82, 2.24) is 0 Å². The number of esters is 1. The van der Waals surface area contributed by atoms with Gasteiger partial charge < -0.3 is 4.74 Å². The van der Waals surface area contributed by atoms with E-state index in [1.165, 1.54) is 6.92 Å². The fraction of sp³-hybridized carbons (Fsp3) is 0.0667. The molecule has 2 rings (SSSR count). The Morgan fingerprint density at radius 1 is 0.889 bits per heavy atom. The average molecular weight is 240 g/mol. The van der Waals surface area contributed by atoms with Crippen molar-refractivity contribution in [1.29, 1.82) is 0 Å². The van der Waals surface area contributed by atoms with E-state index in [-0.39, 0.29) is 5.78 Å². The van der Waals surface area contributed by atoms with Crippen LogP contribution in [0.1, 0.15) is 27.6 Å². The highest BCUT2D eigenvalue weighted by Crippen LogP contribution is 2.19. The molecule has 2 aromatic carbocycles. The number of ketones is 1. The quantitative estimate of drug-likeness (QED) is 0.470. The molecular weight excluding hydrogens is 228 g/mol. The van der Waals surface area contributed by atoms with Crippen LogP contribution in [0.4, 0.5) is 0 Å². The molecule has 18 heavy (non-hydrogen) atoms. The van der Waals surface area contributed by atoms with Crippen LogP contribution in [0.25, 0.3) is 0 Å². The molecule has 90 valence electrons. The van der Waals surface area contributed by atoms with Crippen LogP contribution in [-0.2, 0) is 0 Å². The lowest BCUT2D eigenvalue weighted by Gasteiger charge is -2.07. The second-order valence-electron chi connectivity index (χ2n) is 3.81. The zero-order valence-electron chi connectivity index (χ0n) is 9.92. The van der Waals surface area contributed by atoms with Gasteiger partial charge in [0.25, 0.3) is 0 Å². The Balaban J connectivity index is 2.25. The predicted octanol–water partition coefficient (Wildman–Crippen LogP) is 3.11. The maximum Gasteiger partial charge on any atom is 0.343 e. The van der Waals surface area contributed by atoms with Gasteiger partial charge in [0.2, 0.25) is 0 Å².